The highest BCUT2D eigenvalue weighted by molar-refractivity contribution is 5.82. The maximum absolute atomic E-state index is 15.0. The predicted octanol–water partition coefficient (Wildman–Crippen LogP) is 6.65. The number of rotatable bonds is 8. The van der Waals surface area contributed by atoms with E-state index < -0.39 is 0 Å². The number of hydrogen-bond donors (Lipinski definition) is 0. The molecule has 0 N–H and O–H groups in total. The number of methoxy groups -OCH3 is 2. The van der Waals surface area contributed by atoms with E-state index in [0.29, 0.717) is 23.7 Å². The minimum Gasteiger partial charge on any atom is -0.496 e. The SMILES string of the molecule is COc1cc(-c2ccc(N(C)CC=C(C)C)c(F)c2)c(OC)cc1-c1ccc(N(C)C)cc1. The molecular formula is C28H33FN2O2. The van der Waals surface area contributed by atoms with Gasteiger partial charge in [-0.2, -0.15) is 0 Å². The van der Waals surface area contributed by atoms with Crippen molar-refractivity contribution in [1.82, 2.24) is 0 Å². The average Bonchev–Trinajstić information content (AvgIpc) is 2.81. The molecule has 0 fully saturated rings. The molecule has 0 bridgehead atoms. The predicted molar refractivity (Wildman–Crippen MR) is 137 cm³/mol. The zero-order chi connectivity index (χ0) is 24.1. The lowest BCUT2D eigenvalue weighted by Gasteiger charge is -2.20. The second kappa shape index (κ2) is 10.4. The van der Waals surface area contributed by atoms with Crippen molar-refractivity contribution in [1.29, 1.82) is 0 Å². The molecule has 0 saturated carbocycles. The highest BCUT2D eigenvalue weighted by Gasteiger charge is 2.16. The summed E-state index contributed by atoms with van der Waals surface area (Å²) in [4.78, 5) is 3.95. The van der Waals surface area contributed by atoms with E-state index in [9.17, 15) is 0 Å². The van der Waals surface area contributed by atoms with Gasteiger partial charge in [0.2, 0.25) is 0 Å². The van der Waals surface area contributed by atoms with Crippen LogP contribution in [-0.2, 0) is 0 Å². The van der Waals surface area contributed by atoms with Gasteiger partial charge in [0.05, 0.1) is 19.9 Å². The molecule has 0 aliphatic rings. The molecule has 3 aromatic rings. The molecular weight excluding hydrogens is 415 g/mol. The number of ether oxygens (including phenoxy) is 2. The summed E-state index contributed by atoms with van der Waals surface area (Å²) in [5.74, 6) is 1.09. The summed E-state index contributed by atoms with van der Waals surface area (Å²) in [5, 5.41) is 0. The highest BCUT2D eigenvalue weighted by atomic mass is 19.1. The van der Waals surface area contributed by atoms with Gasteiger partial charge in [0.25, 0.3) is 0 Å². The minimum atomic E-state index is -0.276. The Labute approximate surface area is 196 Å². The number of nitrogens with zero attached hydrogens (tertiary/aromatic N) is 2. The Hall–Kier alpha value is -3.47. The van der Waals surface area contributed by atoms with Crippen LogP contribution in [0.25, 0.3) is 22.3 Å². The summed E-state index contributed by atoms with van der Waals surface area (Å²) in [5.41, 5.74) is 6.32. The zero-order valence-electron chi connectivity index (χ0n) is 20.6. The lowest BCUT2D eigenvalue weighted by molar-refractivity contribution is 0.406. The molecule has 0 radical (unpaired) electrons. The lowest BCUT2D eigenvalue weighted by atomic mass is 9.97. The molecule has 0 heterocycles. The topological polar surface area (TPSA) is 24.9 Å². The number of anilines is 2. The highest BCUT2D eigenvalue weighted by Crippen LogP contribution is 2.41. The normalized spacial score (nSPS) is 10.5. The maximum Gasteiger partial charge on any atom is 0.147 e. The Bertz CT molecular complexity index is 1130. The van der Waals surface area contributed by atoms with E-state index in [1.807, 2.05) is 64.2 Å². The van der Waals surface area contributed by atoms with Gasteiger partial charge < -0.3 is 19.3 Å². The monoisotopic (exact) mass is 448 g/mol. The molecule has 4 nitrogen and oxygen atoms in total. The van der Waals surface area contributed by atoms with Crippen LogP contribution in [0.2, 0.25) is 0 Å². The molecule has 0 unspecified atom stereocenters. The smallest absolute Gasteiger partial charge is 0.147 e. The zero-order valence-corrected chi connectivity index (χ0v) is 20.6. The van der Waals surface area contributed by atoms with Gasteiger partial charge in [0.1, 0.15) is 17.3 Å². The molecule has 3 aromatic carbocycles. The third-order valence-corrected chi connectivity index (χ3v) is 5.66. The van der Waals surface area contributed by atoms with E-state index >= 15 is 4.39 Å². The fourth-order valence-electron chi connectivity index (χ4n) is 3.69. The Morgan fingerprint density at radius 1 is 0.818 bits per heavy atom. The minimum absolute atomic E-state index is 0.276. The molecule has 0 aliphatic carbocycles. The first-order valence-corrected chi connectivity index (χ1v) is 10.9. The quantitative estimate of drug-likeness (QED) is 0.360. The Morgan fingerprint density at radius 2 is 1.36 bits per heavy atom. The second-order valence-corrected chi connectivity index (χ2v) is 8.52. The van der Waals surface area contributed by atoms with Crippen LogP contribution < -0.4 is 19.3 Å². The molecule has 5 heteroatoms. The first kappa shape index (κ1) is 24.2. The molecule has 174 valence electrons. The fourth-order valence-corrected chi connectivity index (χ4v) is 3.69. The van der Waals surface area contributed by atoms with E-state index in [1.165, 1.54) is 5.57 Å². The van der Waals surface area contributed by atoms with Crippen LogP contribution in [0.1, 0.15) is 13.8 Å². The van der Waals surface area contributed by atoms with Crippen molar-refractivity contribution >= 4 is 11.4 Å². The van der Waals surface area contributed by atoms with Crippen molar-refractivity contribution in [3.8, 4) is 33.8 Å². The van der Waals surface area contributed by atoms with Crippen LogP contribution in [0.15, 0.2) is 66.2 Å². The Kier molecular flexibility index (Phi) is 7.64. The van der Waals surface area contributed by atoms with Crippen LogP contribution >= 0.6 is 0 Å². The Balaban J connectivity index is 2.02. The van der Waals surface area contributed by atoms with Crippen molar-refractivity contribution in [3.63, 3.8) is 0 Å². The molecule has 33 heavy (non-hydrogen) atoms. The second-order valence-electron chi connectivity index (χ2n) is 8.52. The van der Waals surface area contributed by atoms with Gasteiger partial charge in [-0.15, -0.1) is 0 Å². The van der Waals surface area contributed by atoms with Crippen molar-refractivity contribution in [2.75, 3.05) is 51.7 Å². The van der Waals surface area contributed by atoms with E-state index in [1.54, 1.807) is 20.3 Å². The molecule has 0 atom stereocenters. The third kappa shape index (κ3) is 5.48. The Morgan fingerprint density at radius 3 is 1.85 bits per heavy atom. The summed E-state index contributed by atoms with van der Waals surface area (Å²) in [7, 11) is 9.18. The molecule has 0 spiro atoms. The van der Waals surface area contributed by atoms with E-state index in [-0.39, 0.29) is 5.82 Å². The summed E-state index contributed by atoms with van der Waals surface area (Å²) < 4.78 is 26.5. The summed E-state index contributed by atoms with van der Waals surface area (Å²) in [6.45, 7) is 4.72. The van der Waals surface area contributed by atoms with Gasteiger partial charge in [-0.25, -0.2) is 4.39 Å². The molecule has 0 amide bonds. The summed E-state index contributed by atoms with van der Waals surface area (Å²) in [6.07, 6.45) is 2.07. The summed E-state index contributed by atoms with van der Waals surface area (Å²) >= 11 is 0. The lowest BCUT2D eigenvalue weighted by Crippen LogP contribution is -2.18. The fraction of sp³-hybridized carbons (Fsp3) is 0.286. The van der Waals surface area contributed by atoms with Crippen LogP contribution in [0.3, 0.4) is 0 Å². The standard InChI is InChI=1S/C28H33FN2O2/c1-19(2)14-15-31(5)26-13-10-21(16-25(26)29)24-18-27(32-6)23(17-28(24)33-7)20-8-11-22(12-9-20)30(3)4/h8-14,16-18H,15H2,1-7H3. The number of likely N-dealkylation sites (N-methyl/N-ethyl adjacent to an activating group) is 1. The molecule has 0 aliphatic heterocycles. The van der Waals surface area contributed by atoms with Crippen molar-refractivity contribution < 1.29 is 13.9 Å². The number of hydrogen-bond acceptors (Lipinski definition) is 4. The van der Waals surface area contributed by atoms with Gasteiger partial charge in [0.15, 0.2) is 0 Å². The average molecular weight is 449 g/mol. The number of halogens is 1. The first-order chi connectivity index (χ1) is 15.7. The van der Waals surface area contributed by atoms with Crippen LogP contribution in [0.4, 0.5) is 15.8 Å². The van der Waals surface area contributed by atoms with Gasteiger partial charge in [-0.1, -0.05) is 29.8 Å². The number of benzene rings is 3. The maximum atomic E-state index is 15.0. The van der Waals surface area contributed by atoms with E-state index in [2.05, 4.69) is 35.2 Å². The van der Waals surface area contributed by atoms with Crippen molar-refractivity contribution in [2.24, 2.45) is 0 Å². The third-order valence-electron chi connectivity index (χ3n) is 5.66. The van der Waals surface area contributed by atoms with Crippen molar-refractivity contribution in [3.05, 3.63) is 72.1 Å². The first-order valence-electron chi connectivity index (χ1n) is 10.9. The van der Waals surface area contributed by atoms with E-state index in [4.69, 9.17) is 9.47 Å². The van der Waals surface area contributed by atoms with Crippen LogP contribution in [0, 0.1) is 5.82 Å². The van der Waals surface area contributed by atoms with Crippen LogP contribution in [0.5, 0.6) is 11.5 Å². The van der Waals surface area contributed by atoms with Gasteiger partial charge >= 0.3 is 0 Å². The van der Waals surface area contributed by atoms with Crippen LogP contribution in [-0.4, -0.2) is 41.9 Å². The molecule has 0 saturated heterocycles. The van der Waals surface area contributed by atoms with Gasteiger partial charge in [-0.3, -0.25) is 0 Å². The van der Waals surface area contributed by atoms with E-state index in [0.717, 1.165) is 27.9 Å². The van der Waals surface area contributed by atoms with Gasteiger partial charge in [-0.05, 0) is 61.4 Å². The largest absolute Gasteiger partial charge is 0.496 e. The molecule has 0 aromatic heterocycles. The number of allylic oxidation sites excluding steroid dienone is 1. The molecule has 3 rings (SSSR count). The van der Waals surface area contributed by atoms with Gasteiger partial charge in [0, 0.05) is 44.5 Å². The summed E-state index contributed by atoms with van der Waals surface area (Å²) in [6, 6.07) is 17.4. The van der Waals surface area contributed by atoms with Crippen molar-refractivity contribution in [2.45, 2.75) is 13.8 Å².